The van der Waals surface area contributed by atoms with Crippen LogP contribution in [0, 0.1) is 6.92 Å². The lowest BCUT2D eigenvalue weighted by molar-refractivity contribution is 0.405. The molecule has 2 aromatic carbocycles. The molecule has 0 radical (unpaired) electrons. The molecule has 0 saturated carbocycles. The Morgan fingerprint density at radius 1 is 1.05 bits per heavy atom. The Morgan fingerprint density at radius 2 is 1.75 bits per heavy atom. The third-order valence-corrected chi connectivity index (χ3v) is 3.32. The summed E-state index contributed by atoms with van der Waals surface area (Å²) < 4.78 is 10.5. The Hall–Kier alpha value is -2.07. The number of benzene rings is 2. The van der Waals surface area contributed by atoms with Crippen LogP contribution >= 0.6 is 11.6 Å². The molecule has 0 spiro atoms. The van der Waals surface area contributed by atoms with E-state index in [1.54, 1.807) is 26.4 Å². The zero-order valence-electron chi connectivity index (χ0n) is 11.7. The number of anilines is 3. The number of aryl methyl sites for hydroxylation is 1. The fraction of sp³-hybridized carbons (Fsp3) is 0.200. The van der Waals surface area contributed by atoms with E-state index in [4.69, 9.17) is 26.8 Å². The Kier molecular flexibility index (Phi) is 4.25. The van der Waals surface area contributed by atoms with Gasteiger partial charge in [-0.3, -0.25) is 0 Å². The van der Waals surface area contributed by atoms with E-state index in [9.17, 15) is 0 Å². The summed E-state index contributed by atoms with van der Waals surface area (Å²) in [6.45, 7) is 1.96. The molecule has 0 fully saturated rings. The highest BCUT2D eigenvalue weighted by Gasteiger charge is 2.10. The third-order valence-electron chi connectivity index (χ3n) is 3.02. The number of nitrogen functional groups attached to an aromatic ring is 1. The van der Waals surface area contributed by atoms with Crippen molar-refractivity contribution < 1.29 is 9.47 Å². The molecule has 5 heteroatoms. The van der Waals surface area contributed by atoms with Crippen LogP contribution in [0.4, 0.5) is 17.1 Å². The number of rotatable bonds is 4. The van der Waals surface area contributed by atoms with Crippen molar-refractivity contribution >= 4 is 28.7 Å². The second-order valence-corrected chi connectivity index (χ2v) is 4.79. The monoisotopic (exact) mass is 292 g/mol. The summed E-state index contributed by atoms with van der Waals surface area (Å²) in [7, 11) is 3.17. The first-order chi connectivity index (χ1) is 9.55. The summed E-state index contributed by atoms with van der Waals surface area (Å²) in [5.74, 6) is 1.23. The molecule has 0 heterocycles. The van der Waals surface area contributed by atoms with Gasteiger partial charge in [-0.05, 0) is 30.7 Å². The zero-order valence-corrected chi connectivity index (χ0v) is 12.4. The highest BCUT2D eigenvalue weighted by Crippen LogP contribution is 2.37. The lowest BCUT2D eigenvalue weighted by Crippen LogP contribution is -1.98. The number of hydrogen-bond donors (Lipinski definition) is 2. The summed E-state index contributed by atoms with van der Waals surface area (Å²) in [4.78, 5) is 0. The molecular weight excluding hydrogens is 276 g/mol. The standard InChI is InChI=1S/C15H17ClN2O2/c1-9-6-10(4-5-12(9)17)18-13-8-14(19-2)11(16)7-15(13)20-3/h4-8,18H,17H2,1-3H3. The van der Waals surface area contributed by atoms with Crippen LogP contribution in [0.2, 0.25) is 5.02 Å². The fourth-order valence-corrected chi connectivity index (χ4v) is 2.10. The van der Waals surface area contributed by atoms with Gasteiger partial charge in [0.1, 0.15) is 11.5 Å². The van der Waals surface area contributed by atoms with Gasteiger partial charge in [0.15, 0.2) is 0 Å². The van der Waals surface area contributed by atoms with Crippen molar-refractivity contribution in [2.75, 3.05) is 25.3 Å². The van der Waals surface area contributed by atoms with Crippen LogP contribution in [0.1, 0.15) is 5.56 Å². The molecule has 3 N–H and O–H groups in total. The smallest absolute Gasteiger partial charge is 0.144 e. The van der Waals surface area contributed by atoms with Gasteiger partial charge in [-0.15, -0.1) is 0 Å². The molecule has 2 aromatic rings. The van der Waals surface area contributed by atoms with Crippen molar-refractivity contribution in [2.45, 2.75) is 6.92 Å². The van der Waals surface area contributed by atoms with Crippen molar-refractivity contribution in [3.63, 3.8) is 0 Å². The van der Waals surface area contributed by atoms with Crippen LogP contribution in [0.3, 0.4) is 0 Å². The Labute approximate surface area is 123 Å². The van der Waals surface area contributed by atoms with Crippen molar-refractivity contribution in [2.24, 2.45) is 0 Å². The van der Waals surface area contributed by atoms with Crippen LogP contribution < -0.4 is 20.5 Å². The van der Waals surface area contributed by atoms with Crippen molar-refractivity contribution in [1.82, 2.24) is 0 Å². The molecule has 106 valence electrons. The Bertz CT molecular complexity index is 630. The number of halogens is 1. The lowest BCUT2D eigenvalue weighted by Gasteiger charge is -2.14. The topological polar surface area (TPSA) is 56.5 Å². The number of ether oxygens (including phenoxy) is 2. The molecule has 0 aliphatic carbocycles. The highest BCUT2D eigenvalue weighted by molar-refractivity contribution is 6.32. The molecule has 0 saturated heterocycles. The summed E-state index contributed by atoms with van der Waals surface area (Å²) in [5.41, 5.74) is 9.28. The van der Waals surface area contributed by atoms with Crippen LogP contribution in [0.15, 0.2) is 30.3 Å². The van der Waals surface area contributed by atoms with Crippen LogP contribution in [0.25, 0.3) is 0 Å². The number of hydrogen-bond acceptors (Lipinski definition) is 4. The quantitative estimate of drug-likeness (QED) is 0.837. The van der Waals surface area contributed by atoms with E-state index in [0.29, 0.717) is 16.5 Å². The van der Waals surface area contributed by atoms with Gasteiger partial charge in [0.05, 0.1) is 24.9 Å². The summed E-state index contributed by atoms with van der Waals surface area (Å²) in [5, 5.41) is 3.78. The van der Waals surface area contributed by atoms with Gasteiger partial charge in [0.25, 0.3) is 0 Å². The molecule has 0 bridgehead atoms. The van der Waals surface area contributed by atoms with E-state index < -0.39 is 0 Å². The van der Waals surface area contributed by atoms with Gasteiger partial charge in [0.2, 0.25) is 0 Å². The van der Waals surface area contributed by atoms with E-state index in [-0.39, 0.29) is 0 Å². The Morgan fingerprint density at radius 3 is 2.35 bits per heavy atom. The van der Waals surface area contributed by atoms with E-state index in [1.807, 2.05) is 25.1 Å². The average molecular weight is 293 g/mol. The van der Waals surface area contributed by atoms with Crippen molar-refractivity contribution in [1.29, 1.82) is 0 Å². The first-order valence-corrected chi connectivity index (χ1v) is 6.47. The molecule has 4 nitrogen and oxygen atoms in total. The second-order valence-electron chi connectivity index (χ2n) is 4.38. The van der Waals surface area contributed by atoms with E-state index in [0.717, 1.165) is 22.6 Å². The SMILES string of the molecule is COc1cc(Nc2ccc(N)c(C)c2)c(OC)cc1Cl. The fourth-order valence-electron chi connectivity index (χ4n) is 1.87. The van der Waals surface area contributed by atoms with Crippen molar-refractivity contribution in [3.05, 3.63) is 40.9 Å². The first kappa shape index (κ1) is 14.3. The molecule has 0 unspecified atom stereocenters. The normalized spacial score (nSPS) is 10.2. The molecular formula is C15H17ClN2O2. The van der Waals surface area contributed by atoms with Gasteiger partial charge in [-0.2, -0.15) is 0 Å². The average Bonchev–Trinajstić information content (AvgIpc) is 2.44. The number of nitrogens with two attached hydrogens (primary N) is 1. The van der Waals surface area contributed by atoms with Gasteiger partial charge in [-0.1, -0.05) is 11.6 Å². The lowest BCUT2D eigenvalue weighted by atomic mass is 10.1. The molecule has 2 rings (SSSR count). The van der Waals surface area contributed by atoms with Gasteiger partial charge < -0.3 is 20.5 Å². The van der Waals surface area contributed by atoms with Crippen LogP contribution in [0.5, 0.6) is 11.5 Å². The maximum Gasteiger partial charge on any atom is 0.144 e. The minimum Gasteiger partial charge on any atom is -0.495 e. The largest absolute Gasteiger partial charge is 0.495 e. The van der Waals surface area contributed by atoms with Crippen LogP contribution in [-0.2, 0) is 0 Å². The maximum absolute atomic E-state index is 6.08. The minimum atomic E-state index is 0.503. The first-order valence-electron chi connectivity index (χ1n) is 6.10. The summed E-state index contributed by atoms with van der Waals surface area (Å²) in [6.07, 6.45) is 0. The molecule has 0 aliphatic rings. The maximum atomic E-state index is 6.08. The number of methoxy groups -OCH3 is 2. The Balaban J connectivity index is 2.38. The summed E-state index contributed by atoms with van der Waals surface area (Å²) in [6, 6.07) is 9.25. The zero-order chi connectivity index (χ0) is 14.7. The second kappa shape index (κ2) is 5.92. The molecule has 0 atom stereocenters. The van der Waals surface area contributed by atoms with Crippen LogP contribution in [-0.4, -0.2) is 14.2 Å². The van der Waals surface area contributed by atoms with E-state index >= 15 is 0 Å². The molecule has 0 aliphatic heterocycles. The minimum absolute atomic E-state index is 0.503. The van der Waals surface area contributed by atoms with Gasteiger partial charge in [0, 0.05) is 23.5 Å². The molecule has 20 heavy (non-hydrogen) atoms. The van der Waals surface area contributed by atoms with E-state index in [1.165, 1.54) is 0 Å². The van der Waals surface area contributed by atoms with Gasteiger partial charge in [-0.25, -0.2) is 0 Å². The highest BCUT2D eigenvalue weighted by atomic mass is 35.5. The molecule has 0 amide bonds. The van der Waals surface area contributed by atoms with Gasteiger partial charge >= 0.3 is 0 Å². The third kappa shape index (κ3) is 2.91. The molecule has 0 aromatic heterocycles. The summed E-state index contributed by atoms with van der Waals surface area (Å²) >= 11 is 6.08. The van der Waals surface area contributed by atoms with E-state index in [2.05, 4.69) is 5.32 Å². The number of nitrogens with one attached hydrogen (secondary N) is 1. The predicted octanol–water partition coefficient (Wildman–Crippen LogP) is 3.99. The predicted molar refractivity (Wildman–Crippen MR) is 83.4 cm³/mol. The van der Waals surface area contributed by atoms with Crippen molar-refractivity contribution in [3.8, 4) is 11.5 Å².